The van der Waals surface area contributed by atoms with Crippen LogP contribution in [0.2, 0.25) is 0 Å². The van der Waals surface area contributed by atoms with Crippen LogP contribution in [0.4, 0.5) is 10.1 Å². The first-order chi connectivity index (χ1) is 14.8. The summed E-state index contributed by atoms with van der Waals surface area (Å²) in [4.78, 5) is 36.6. The zero-order valence-electron chi connectivity index (χ0n) is 16.4. The first kappa shape index (κ1) is 20.0. The molecule has 0 aliphatic heterocycles. The fourth-order valence-electron chi connectivity index (χ4n) is 3.16. The summed E-state index contributed by atoms with van der Waals surface area (Å²) in [5.41, 5.74) is 6.69. The van der Waals surface area contributed by atoms with Crippen LogP contribution in [-0.2, 0) is 11.3 Å². The van der Waals surface area contributed by atoms with Gasteiger partial charge in [-0.25, -0.2) is 13.8 Å². The third-order valence-electron chi connectivity index (χ3n) is 4.68. The van der Waals surface area contributed by atoms with Crippen LogP contribution >= 0.6 is 0 Å². The molecule has 4 aromatic rings. The molecule has 0 radical (unpaired) electrons. The van der Waals surface area contributed by atoms with Gasteiger partial charge in [-0.1, -0.05) is 0 Å². The molecule has 0 unspecified atom stereocenters. The van der Waals surface area contributed by atoms with Crippen molar-refractivity contribution in [2.75, 3.05) is 5.32 Å². The summed E-state index contributed by atoms with van der Waals surface area (Å²) in [5.74, 6) is -1.46. The van der Waals surface area contributed by atoms with Crippen molar-refractivity contribution in [3.63, 3.8) is 0 Å². The second kappa shape index (κ2) is 7.82. The van der Waals surface area contributed by atoms with Crippen LogP contribution in [-0.4, -0.2) is 31.4 Å². The molecule has 0 spiro atoms. The van der Waals surface area contributed by atoms with Crippen LogP contribution in [0.5, 0.6) is 0 Å². The molecule has 2 aromatic heterocycles. The van der Waals surface area contributed by atoms with Crippen LogP contribution in [0.3, 0.4) is 0 Å². The summed E-state index contributed by atoms with van der Waals surface area (Å²) in [6, 6.07) is 11.6. The number of hydrogen-bond donors (Lipinski definition) is 2. The summed E-state index contributed by atoms with van der Waals surface area (Å²) in [6.45, 7) is 1.37. The highest BCUT2D eigenvalue weighted by molar-refractivity contribution is 5.94. The van der Waals surface area contributed by atoms with Crippen molar-refractivity contribution < 1.29 is 14.0 Å². The van der Waals surface area contributed by atoms with Crippen molar-refractivity contribution in [3.05, 3.63) is 82.2 Å². The van der Waals surface area contributed by atoms with E-state index in [9.17, 15) is 18.8 Å². The zero-order valence-corrected chi connectivity index (χ0v) is 16.4. The van der Waals surface area contributed by atoms with Gasteiger partial charge >= 0.3 is 0 Å². The molecule has 0 aliphatic carbocycles. The van der Waals surface area contributed by atoms with Crippen LogP contribution in [0.1, 0.15) is 16.1 Å². The molecule has 2 heterocycles. The predicted molar refractivity (Wildman–Crippen MR) is 111 cm³/mol. The average molecular weight is 420 g/mol. The second-order valence-corrected chi connectivity index (χ2v) is 6.83. The summed E-state index contributed by atoms with van der Waals surface area (Å²) in [6.07, 6.45) is 1.51. The molecule has 2 amide bonds. The number of anilines is 1. The fourth-order valence-corrected chi connectivity index (χ4v) is 3.16. The molecule has 3 N–H and O–H groups in total. The van der Waals surface area contributed by atoms with Gasteiger partial charge in [0, 0.05) is 16.6 Å². The second-order valence-electron chi connectivity index (χ2n) is 6.83. The zero-order chi connectivity index (χ0) is 22.1. The van der Waals surface area contributed by atoms with Gasteiger partial charge in [-0.3, -0.25) is 14.4 Å². The number of halogens is 1. The number of carbonyl (C=O) groups excluding carboxylic acids is 2. The van der Waals surface area contributed by atoms with E-state index in [1.54, 1.807) is 6.92 Å². The maximum absolute atomic E-state index is 13.3. The smallest absolute Gasteiger partial charge is 0.293 e. The van der Waals surface area contributed by atoms with Crippen LogP contribution < -0.4 is 16.6 Å². The van der Waals surface area contributed by atoms with Crippen molar-refractivity contribution in [2.45, 2.75) is 13.5 Å². The van der Waals surface area contributed by atoms with E-state index < -0.39 is 23.2 Å². The molecule has 4 rings (SSSR count). The van der Waals surface area contributed by atoms with E-state index in [2.05, 4.69) is 15.5 Å². The van der Waals surface area contributed by atoms with E-state index in [0.29, 0.717) is 28.0 Å². The number of hydrogen-bond acceptors (Lipinski definition) is 5. The van der Waals surface area contributed by atoms with E-state index in [0.717, 1.165) is 4.68 Å². The monoisotopic (exact) mass is 420 g/mol. The minimum Gasteiger partial charge on any atom is -0.366 e. The van der Waals surface area contributed by atoms with Gasteiger partial charge in [0.1, 0.15) is 17.9 Å². The van der Waals surface area contributed by atoms with E-state index in [1.165, 1.54) is 59.4 Å². The molecule has 0 fully saturated rings. The number of nitrogens with two attached hydrogens (primary N) is 1. The maximum atomic E-state index is 13.3. The van der Waals surface area contributed by atoms with Crippen molar-refractivity contribution in [1.29, 1.82) is 0 Å². The number of primary amides is 1. The highest BCUT2D eigenvalue weighted by Gasteiger charge is 2.17. The Labute approximate surface area is 174 Å². The molecule has 2 aromatic carbocycles. The molecule has 10 heteroatoms. The molecule has 0 saturated heterocycles. The van der Waals surface area contributed by atoms with Crippen molar-refractivity contribution in [2.24, 2.45) is 5.73 Å². The van der Waals surface area contributed by atoms with E-state index in [-0.39, 0.29) is 12.1 Å². The van der Waals surface area contributed by atoms with Crippen molar-refractivity contribution in [3.8, 4) is 5.69 Å². The topological polar surface area (TPSA) is 125 Å². The standard InChI is InChI=1S/C21H17FN6O3/c1-12-17-10-24-28(16-8-4-14(22)5-9-16)19(17)21(31)27(26-12)11-18(29)25-15-6-2-13(3-7-15)20(23)30/h2-10H,11H2,1H3,(H2,23,30)(H,25,29). The minimum absolute atomic E-state index is 0.234. The molecule has 9 nitrogen and oxygen atoms in total. The fraction of sp³-hybridized carbons (Fsp3) is 0.0952. The summed E-state index contributed by atoms with van der Waals surface area (Å²) < 4.78 is 15.7. The maximum Gasteiger partial charge on any atom is 0.293 e. The predicted octanol–water partition coefficient (Wildman–Crippen LogP) is 1.77. The van der Waals surface area contributed by atoms with Gasteiger partial charge in [-0.15, -0.1) is 0 Å². The lowest BCUT2D eigenvalue weighted by molar-refractivity contribution is -0.117. The van der Waals surface area contributed by atoms with Crippen LogP contribution in [0, 0.1) is 12.7 Å². The highest BCUT2D eigenvalue weighted by atomic mass is 19.1. The van der Waals surface area contributed by atoms with Crippen LogP contribution in [0.15, 0.2) is 59.5 Å². The molecule has 156 valence electrons. The largest absolute Gasteiger partial charge is 0.366 e. The van der Waals surface area contributed by atoms with E-state index in [1.807, 2.05) is 0 Å². The van der Waals surface area contributed by atoms with Gasteiger partial charge in [-0.05, 0) is 55.5 Å². The first-order valence-corrected chi connectivity index (χ1v) is 9.24. The Balaban J connectivity index is 1.64. The number of nitrogens with one attached hydrogen (secondary N) is 1. The number of rotatable bonds is 5. The molecule has 0 aliphatic rings. The lowest BCUT2D eigenvalue weighted by Crippen LogP contribution is -2.31. The molecule has 0 bridgehead atoms. The lowest BCUT2D eigenvalue weighted by atomic mass is 10.2. The Morgan fingerprint density at radius 3 is 2.42 bits per heavy atom. The number of aryl methyl sites for hydroxylation is 1. The molecule has 0 atom stereocenters. The van der Waals surface area contributed by atoms with Gasteiger partial charge in [0.2, 0.25) is 11.8 Å². The molecule has 0 saturated carbocycles. The van der Waals surface area contributed by atoms with Gasteiger partial charge in [0.25, 0.3) is 5.56 Å². The molecular weight excluding hydrogens is 403 g/mol. The Hall–Kier alpha value is -4.34. The summed E-state index contributed by atoms with van der Waals surface area (Å²) in [5, 5.41) is 11.6. The number of aromatic nitrogens is 4. The van der Waals surface area contributed by atoms with Gasteiger partial charge in [-0.2, -0.15) is 10.2 Å². The number of amides is 2. The molecule has 31 heavy (non-hydrogen) atoms. The summed E-state index contributed by atoms with van der Waals surface area (Å²) in [7, 11) is 0. The number of fused-ring (bicyclic) bond motifs is 1. The first-order valence-electron chi connectivity index (χ1n) is 9.24. The third kappa shape index (κ3) is 3.90. The Bertz CT molecular complexity index is 1360. The average Bonchev–Trinajstić information content (AvgIpc) is 3.19. The minimum atomic E-state index is -0.574. The van der Waals surface area contributed by atoms with Gasteiger partial charge < -0.3 is 11.1 Å². The van der Waals surface area contributed by atoms with Gasteiger partial charge in [0.15, 0.2) is 0 Å². The van der Waals surface area contributed by atoms with E-state index >= 15 is 0 Å². The Morgan fingerprint density at radius 1 is 1.10 bits per heavy atom. The number of carbonyl (C=O) groups is 2. The van der Waals surface area contributed by atoms with Crippen molar-refractivity contribution in [1.82, 2.24) is 19.6 Å². The van der Waals surface area contributed by atoms with Crippen molar-refractivity contribution >= 4 is 28.4 Å². The Kier molecular flexibility index (Phi) is 5.04. The number of nitrogens with zero attached hydrogens (tertiary/aromatic N) is 4. The van der Waals surface area contributed by atoms with Gasteiger partial charge in [0.05, 0.1) is 17.6 Å². The van der Waals surface area contributed by atoms with E-state index in [4.69, 9.17) is 5.73 Å². The molecular formula is C21H17FN6O3. The highest BCUT2D eigenvalue weighted by Crippen LogP contribution is 2.17. The van der Waals surface area contributed by atoms with Crippen LogP contribution in [0.25, 0.3) is 16.6 Å². The number of benzene rings is 2. The third-order valence-corrected chi connectivity index (χ3v) is 4.68. The SMILES string of the molecule is Cc1nn(CC(=O)Nc2ccc(C(N)=O)cc2)c(=O)c2c1cnn2-c1ccc(F)cc1. The quantitative estimate of drug-likeness (QED) is 0.509. The normalized spacial score (nSPS) is 10.9. The lowest BCUT2D eigenvalue weighted by Gasteiger charge is -2.09. The summed E-state index contributed by atoms with van der Waals surface area (Å²) >= 11 is 0. The Morgan fingerprint density at radius 2 is 1.77 bits per heavy atom.